The first-order chi connectivity index (χ1) is 10.1. The maximum Gasteiger partial charge on any atom is 0.227 e. The van der Waals surface area contributed by atoms with Crippen LogP contribution in [-0.4, -0.2) is 17.0 Å². The van der Waals surface area contributed by atoms with Crippen LogP contribution in [0.5, 0.6) is 11.6 Å². The zero-order valence-corrected chi connectivity index (χ0v) is 13.0. The van der Waals surface area contributed by atoms with Crippen molar-refractivity contribution in [1.82, 2.24) is 9.97 Å². The number of benzene rings is 1. The first kappa shape index (κ1) is 15.5. The molecular formula is C15H17ClFN3O. The van der Waals surface area contributed by atoms with Gasteiger partial charge in [-0.1, -0.05) is 24.6 Å². The molecule has 0 atom stereocenters. The molecule has 1 aromatic heterocycles. The summed E-state index contributed by atoms with van der Waals surface area (Å²) < 4.78 is 19.5. The highest BCUT2D eigenvalue weighted by Crippen LogP contribution is 2.31. The van der Waals surface area contributed by atoms with Crippen molar-refractivity contribution in [3.05, 3.63) is 40.4 Å². The second kappa shape index (κ2) is 6.72. The van der Waals surface area contributed by atoms with Crippen LogP contribution in [0, 0.1) is 12.7 Å². The Morgan fingerprint density at radius 3 is 2.76 bits per heavy atom. The van der Waals surface area contributed by atoms with Crippen molar-refractivity contribution in [2.24, 2.45) is 0 Å². The van der Waals surface area contributed by atoms with Gasteiger partial charge in [-0.2, -0.15) is 4.98 Å². The molecule has 0 aliphatic heterocycles. The summed E-state index contributed by atoms with van der Waals surface area (Å²) >= 11 is 5.76. The molecule has 0 radical (unpaired) electrons. The summed E-state index contributed by atoms with van der Waals surface area (Å²) in [5.41, 5.74) is 0.719. The Hall–Kier alpha value is -1.88. The van der Waals surface area contributed by atoms with Gasteiger partial charge in [0.1, 0.15) is 11.6 Å². The van der Waals surface area contributed by atoms with E-state index in [0.717, 1.165) is 18.4 Å². The number of nitrogens with zero attached hydrogens (tertiary/aromatic N) is 2. The van der Waals surface area contributed by atoms with Crippen LogP contribution in [0.15, 0.2) is 18.2 Å². The molecule has 0 fully saturated rings. The van der Waals surface area contributed by atoms with Crippen molar-refractivity contribution in [1.29, 1.82) is 0 Å². The summed E-state index contributed by atoms with van der Waals surface area (Å²) in [6.07, 6.45) is 1.64. The van der Waals surface area contributed by atoms with E-state index in [1.807, 2.05) is 13.8 Å². The van der Waals surface area contributed by atoms with Crippen LogP contribution in [0.4, 0.5) is 10.2 Å². The standard InChI is InChI=1S/C15H17ClFN3O/c1-4-6-12-19-14(18-3)9(2)15(20-12)21-11-8-5-7-10(16)13(11)17/h5,7-8H,4,6H2,1-3H3,(H,18,19,20). The largest absolute Gasteiger partial charge is 0.435 e. The second-order valence-corrected chi connectivity index (χ2v) is 4.98. The van der Waals surface area contributed by atoms with E-state index < -0.39 is 5.82 Å². The molecule has 0 amide bonds. The quantitative estimate of drug-likeness (QED) is 0.891. The van der Waals surface area contributed by atoms with E-state index in [0.29, 0.717) is 17.5 Å². The number of aryl methyl sites for hydroxylation is 1. The number of anilines is 1. The number of ether oxygens (including phenoxy) is 1. The third-order valence-electron chi connectivity index (χ3n) is 2.98. The zero-order chi connectivity index (χ0) is 15.4. The molecule has 0 unspecified atom stereocenters. The minimum atomic E-state index is -0.597. The van der Waals surface area contributed by atoms with E-state index in [1.54, 1.807) is 13.1 Å². The fraction of sp³-hybridized carbons (Fsp3) is 0.333. The van der Waals surface area contributed by atoms with Crippen LogP contribution in [0.3, 0.4) is 0 Å². The monoisotopic (exact) mass is 309 g/mol. The number of aromatic nitrogens is 2. The Bertz CT molecular complexity index is 649. The van der Waals surface area contributed by atoms with Gasteiger partial charge in [-0.15, -0.1) is 0 Å². The van der Waals surface area contributed by atoms with Gasteiger partial charge in [-0.25, -0.2) is 9.37 Å². The van der Waals surface area contributed by atoms with Crippen molar-refractivity contribution in [2.75, 3.05) is 12.4 Å². The van der Waals surface area contributed by atoms with Crippen LogP contribution in [0.2, 0.25) is 5.02 Å². The van der Waals surface area contributed by atoms with E-state index in [2.05, 4.69) is 15.3 Å². The van der Waals surface area contributed by atoms with Gasteiger partial charge in [-0.05, 0) is 25.5 Å². The molecule has 0 aliphatic rings. The van der Waals surface area contributed by atoms with Gasteiger partial charge in [0.25, 0.3) is 0 Å². The van der Waals surface area contributed by atoms with Crippen LogP contribution in [0.25, 0.3) is 0 Å². The minimum Gasteiger partial charge on any atom is -0.435 e. The highest BCUT2D eigenvalue weighted by molar-refractivity contribution is 6.30. The highest BCUT2D eigenvalue weighted by atomic mass is 35.5. The summed E-state index contributed by atoms with van der Waals surface area (Å²) in [7, 11) is 1.77. The van der Waals surface area contributed by atoms with E-state index in [-0.39, 0.29) is 10.8 Å². The first-order valence-electron chi connectivity index (χ1n) is 6.74. The normalized spacial score (nSPS) is 10.5. The van der Waals surface area contributed by atoms with Crippen molar-refractivity contribution < 1.29 is 9.13 Å². The third kappa shape index (κ3) is 3.42. The number of rotatable bonds is 5. The molecule has 0 saturated carbocycles. The average Bonchev–Trinajstić information content (AvgIpc) is 2.47. The Morgan fingerprint density at radius 2 is 2.10 bits per heavy atom. The summed E-state index contributed by atoms with van der Waals surface area (Å²) in [5.74, 6) is 1.11. The predicted molar refractivity (Wildman–Crippen MR) is 81.8 cm³/mol. The molecule has 0 saturated heterocycles. The third-order valence-corrected chi connectivity index (χ3v) is 3.27. The highest BCUT2D eigenvalue weighted by Gasteiger charge is 2.15. The summed E-state index contributed by atoms with van der Waals surface area (Å²) in [6.45, 7) is 3.86. The van der Waals surface area contributed by atoms with E-state index in [4.69, 9.17) is 16.3 Å². The topological polar surface area (TPSA) is 47.0 Å². The zero-order valence-electron chi connectivity index (χ0n) is 12.2. The number of hydrogen-bond acceptors (Lipinski definition) is 4. The van der Waals surface area contributed by atoms with Gasteiger partial charge in [-0.3, -0.25) is 0 Å². The Morgan fingerprint density at radius 1 is 1.33 bits per heavy atom. The SMILES string of the molecule is CCCc1nc(NC)c(C)c(Oc2cccc(Cl)c2F)n1. The molecule has 0 aliphatic carbocycles. The van der Waals surface area contributed by atoms with Gasteiger partial charge in [0.05, 0.1) is 10.6 Å². The van der Waals surface area contributed by atoms with Gasteiger partial charge in [0, 0.05) is 13.5 Å². The molecule has 1 N–H and O–H groups in total. The minimum absolute atomic E-state index is 0.0156. The maximum atomic E-state index is 13.9. The van der Waals surface area contributed by atoms with Gasteiger partial charge < -0.3 is 10.1 Å². The average molecular weight is 310 g/mol. The van der Waals surface area contributed by atoms with Crippen molar-refractivity contribution in [3.63, 3.8) is 0 Å². The van der Waals surface area contributed by atoms with E-state index >= 15 is 0 Å². The van der Waals surface area contributed by atoms with Crippen molar-refractivity contribution >= 4 is 17.4 Å². The molecule has 21 heavy (non-hydrogen) atoms. The number of hydrogen-bond donors (Lipinski definition) is 1. The molecular weight excluding hydrogens is 293 g/mol. The number of nitrogens with one attached hydrogen (secondary N) is 1. The first-order valence-corrected chi connectivity index (χ1v) is 7.11. The van der Waals surface area contributed by atoms with Crippen molar-refractivity contribution in [2.45, 2.75) is 26.7 Å². The fourth-order valence-corrected chi connectivity index (χ4v) is 2.05. The molecule has 6 heteroatoms. The fourth-order valence-electron chi connectivity index (χ4n) is 1.89. The lowest BCUT2D eigenvalue weighted by Crippen LogP contribution is -2.05. The van der Waals surface area contributed by atoms with Gasteiger partial charge in [0.15, 0.2) is 11.6 Å². The van der Waals surface area contributed by atoms with Crippen LogP contribution in [0.1, 0.15) is 24.7 Å². The Labute approximate surface area is 128 Å². The summed E-state index contributed by atoms with van der Waals surface area (Å²) in [6, 6.07) is 4.61. The molecule has 2 rings (SSSR count). The van der Waals surface area contributed by atoms with Crippen LogP contribution >= 0.6 is 11.6 Å². The molecule has 112 valence electrons. The van der Waals surface area contributed by atoms with Gasteiger partial charge >= 0.3 is 0 Å². The molecule has 0 bridgehead atoms. The lowest BCUT2D eigenvalue weighted by Gasteiger charge is -2.13. The van der Waals surface area contributed by atoms with Gasteiger partial charge in [0.2, 0.25) is 5.88 Å². The van der Waals surface area contributed by atoms with Crippen molar-refractivity contribution in [3.8, 4) is 11.6 Å². The van der Waals surface area contributed by atoms with E-state index in [1.165, 1.54) is 12.1 Å². The molecule has 4 nitrogen and oxygen atoms in total. The smallest absolute Gasteiger partial charge is 0.227 e. The Kier molecular flexibility index (Phi) is 4.96. The lowest BCUT2D eigenvalue weighted by molar-refractivity contribution is 0.421. The maximum absolute atomic E-state index is 13.9. The van der Waals surface area contributed by atoms with Crippen LogP contribution in [-0.2, 0) is 6.42 Å². The van der Waals surface area contributed by atoms with E-state index in [9.17, 15) is 4.39 Å². The Balaban J connectivity index is 2.42. The predicted octanol–water partition coefficient (Wildman–Crippen LogP) is 4.36. The molecule has 1 aromatic carbocycles. The summed E-state index contributed by atoms with van der Waals surface area (Å²) in [4.78, 5) is 8.75. The lowest BCUT2D eigenvalue weighted by atomic mass is 10.2. The molecule has 2 aromatic rings. The number of halogens is 2. The molecule has 0 spiro atoms. The second-order valence-electron chi connectivity index (χ2n) is 4.57. The van der Waals surface area contributed by atoms with Crippen LogP contribution < -0.4 is 10.1 Å². The summed E-state index contributed by atoms with van der Waals surface area (Å²) in [5, 5.41) is 3.01. The molecule has 1 heterocycles.